The van der Waals surface area contributed by atoms with Gasteiger partial charge in [0, 0.05) is 12.1 Å². The van der Waals surface area contributed by atoms with Crippen LogP contribution in [0.2, 0.25) is 0 Å². The zero-order chi connectivity index (χ0) is 16.8. The van der Waals surface area contributed by atoms with Gasteiger partial charge in [-0.1, -0.05) is 0 Å². The SMILES string of the molecule is COC(=O)C(C)Oc1ccc(Oc2ccc([N+](=O)[O-])cc2)cc1. The predicted molar refractivity (Wildman–Crippen MR) is 81.7 cm³/mol. The molecule has 23 heavy (non-hydrogen) atoms. The van der Waals surface area contributed by atoms with Gasteiger partial charge in [-0.25, -0.2) is 4.79 Å². The zero-order valence-corrected chi connectivity index (χ0v) is 12.6. The normalized spacial score (nSPS) is 11.4. The minimum absolute atomic E-state index is 0.00195. The summed E-state index contributed by atoms with van der Waals surface area (Å²) in [6, 6.07) is 12.4. The highest BCUT2D eigenvalue weighted by atomic mass is 16.6. The summed E-state index contributed by atoms with van der Waals surface area (Å²) in [5.74, 6) is 1.05. The summed E-state index contributed by atoms with van der Waals surface area (Å²) in [7, 11) is 1.29. The second-order valence-electron chi connectivity index (χ2n) is 4.61. The summed E-state index contributed by atoms with van der Waals surface area (Å²) in [6.07, 6.45) is -0.707. The van der Waals surface area contributed by atoms with Gasteiger partial charge in [-0.15, -0.1) is 0 Å². The van der Waals surface area contributed by atoms with E-state index in [4.69, 9.17) is 9.47 Å². The van der Waals surface area contributed by atoms with E-state index in [2.05, 4.69) is 4.74 Å². The first-order valence-corrected chi connectivity index (χ1v) is 6.76. The number of nitrogens with zero attached hydrogens (tertiary/aromatic N) is 1. The highest BCUT2D eigenvalue weighted by Crippen LogP contribution is 2.25. The fraction of sp³-hybridized carbons (Fsp3) is 0.188. The van der Waals surface area contributed by atoms with E-state index >= 15 is 0 Å². The molecule has 120 valence electrons. The quantitative estimate of drug-likeness (QED) is 0.461. The molecule has 0 saturated carbocycles. The first kappa shape index (κ1) is 16.3. The molecular formula is C16H15NO6. The largest absolute Gasteiger partial charge is 0.479 e. The van der Waals surface area contributed by atoms with Crippen molar-refractivity contribution in [1.82, 2.24) is 0 Å². The third kappa shape index (κ3) is 4.44. The molecule has 0 aliphatic rings. The maximum absolute atomic E-state index is 11.3. The molecule has 0 amide bonds. The van der Waals surface area contributed by atoms with E-state index in [0.29, 0.717) is 17.2 Å². The first-order chi connectivity index (χ1) is 11.0. The van der Waals surface area contributed by atoms with E-state index in [1.165, 1.54) is 31.4 Å². The average molecular weight is 317 g/mol. The molecule has 0 bridgehead atoms. The van der Waals surface area contributed by atoms with E-state index in [0.717, 1.165) is 0 Å². The van der Waals surface area contributed by atoms with Gasteiger partial charge in [-0.05, 0) is 43.3 Å². The highest BCUT2D eigenvalue weighted by Gasteiger charge is 2.14. The number of hydrogen-bond donors (Lipinski definition) is 0. The van der Waals surface area contributed by atoms with E-state index in [-0.39, 0.29) is 5.69 Å². The molecule has 2 aromatic carbocycles. The number of nitro groups is 1. The first-order valence-electron chi connectivity index (χ1n) is 6.76. The van der Waals surface area contributed by atoms with Crippen molar-refractivity contribution in [1.29, 1.82) is 0 Å². The van der Waals surface area contributed by atoms with Crippen LogP contribution in [0.3, 0.4) is 0 Å². The van der Waals surface area contributed by atoms with Crippen LogP contribution in [0.15, 0.2) is 48.5 Å². The second-order valence-corrected chi connectivity index (χ2v) is 4.61. The third-order valence-corrected chi connectivity index (χ3v) is 2.95. The van der Waals surface area contributed by atoms with Crippen molar-refractivity contribution in [2.24, 2.45) is 0 Å². The molecule has 0 radical (unpaired) electrons. The summed E-state index contributed by atoms with van der Waals surface area (Å²) < 4.78 is 15.6. The molecule has 1 unspecified atom stereocenters. The Hall–Kier alpha value is -3.09. The Balaban J connectivity index is 1.99. The number of rotatable bonds is 6. The summed E-state index contributed by atoms with van der Waals surface area (Å²) in [4.78, 5) is 21.4. The van der Waals surface area contributed by atoms with Crippen molar-refractivity contribution >= 4 is 11.7 Å². The molecule has 1 atom stereocenters. The summed E-state index contributed by atoms with van der Waals surface area (Å²) >= 11 is 0. The van der Waals surface area contributed by atoms with Gasteiger partial charge in [-0.3, -0.25) is 10.1 Å². The van der Waals surface area contributed by atoms with Crippen molar-refractivity contribution < 1.29 is 23.9 Å². The molecule has 0 heterocycles. The minimum Gasteiger partial charge on any atom is -0.479 e. The van der Waals surface area contributed by atoms with Crippen LogP contribution < -0.4 is 9.47 Å². The van der Waals surface area contributed by atoms with Gasteiger partial charge < -0.3 is 14.2 Å². The van der Waals surface area contributed by atoms with Gasteiger partial charge in [0.1, 0.15) is 17.2 Å². The number of carbonyl (C=O) groups is 1. The Morgan fingerprint density at radius 2 is 1.48 bits per heavy atom. The number of non-ortho nitro benzene ring substituents is 1. The number of benzene rings is 2. The fourth-order valence-electron chi connectivity index (χ4n) is 1.78. The highest BCUT2D eigenvalue weighted by molar-refractivity contribution is 5.74. The van der Waals surface area contributed by atoms with Crippen LogP contribution in [0, 0.1) is 10.1 Å². The van der Waals surface area contributed by atoms with Gasteiger partial charge >= 0.3 is 5.97 Å². The molecule has 0 fully saturated rings. The smallest absolute Gasteiger partial charge is 0.346 e. The number of hydrogen-bond acceptors (Lipinski definition) is 6. The molecular weight excluding hydrogens is 302 g/mol. The van der Waals surface area contributed by atoms with Gasteiger partial charge in [0.15, 0.2) is 6.10 Å². The molecule has 0 aromatic heterocycles. The van der Waals surface area contributed by atoms with Crippen LogP contribution in [0.5, 0.6) is 17.2 Å². The van der Waals surface area contributed by atoms with Crippen molar-refractivity contribution in [2.75, 3.05) is 7.11 Å². The topological polar surface area (TPSA) is 87.9 Å². The fourth-order valence-corrected chi connectivity index (χ4v) is 1.78. The molecule has 0 saturated heterocycles. The number of ether oxygens (including phenoxy) is 3. The number of esters is 1. The average Bonchev–Trinajstić information content (AvgIpc) is 2.56. The van der Waals surface area contributed by atoms with Gasteiger partial charge in [0.05, 0.1) is 12.0 Å². The molecule has 7 heteroatoms. The summed E-state index contributed by atoms with van der Waals surface area (Å²) in [6.45, 7) is 1.59. The maximum Gasteiger partial charge on any atom is 0.346 e. The molecule has 0 aliphatic heterocycles. The molecule has 2 aromatic rings. The molecule has 0 N–H and O–H groups in total. The van der Waals surface area contributed by atoms with Crippen molar-refractivity contribution in [2.45, 2.75) is 13.0 Å². The summed E-state index contributed by atoms with van der Waals surface area (Å²) in [5, 5.41) is 10.6. The molecule has 0 spiro atoms. The molecule has 0 aliphatic carbocycles. The number of nitro benzene ring substituents is 1. The second kappa shape index (κ2) is 7.26. The Morgan fingerprint density at radius 3 is 1.96 bits per heavy atom. The lowest BCUT2D eigenvalue weighted by molar-refractivity contribution is -0.384. The Labute approximate surface area is 132 Å². The van der Waals surface area contributed by atoms with Crippen LogP contribution >= 0.6 is 0 Å². The molecule has 2 rings (SSSR count). The monoisotopic (exact) mass is 317 g/mol. The summed E-state index contributed by atoms with van der Waals surface area (Å²) in [5.41, 5.74) is -0.00195. The van der Waals surface area contributed by atoms with Crippen LogP contribution in [0.25, 0.3) is 0 Å². The lowest BCUT2D eigenvalue weighted by Crippen LogP contribution is -2.24. The van der Waals surface area contributed by atoms with Crippen LogP contribution in [-0.4, -0.2) is 24.1 Å². The van der Waals surface area contributed by atoms with Crippen LogP contribution in [0.4, 0.5) is 5.69 Å². The van der Waals surface area contributed by atoms with E-state index in [9.17, 15) is 14.9 Å². The third-order valence-electron chi connectivity index (χ3n) is 2.95. The minimum atomic E-state index is -0.707. The molecule has 7 nitrogen and oxygen atoms in total. The van der Waals surface area contributed by atoms with Crippen molar-refractivity contribution in [3.63, 3.8) is 0 Å². The predicted octanol–water partition coefficient (Wildman–Crippen LogP) is 3.33. The van der Waals surface area contributed by atoms with E-state index < -0.39 is 17.0 Å². The Kier molecular flexibility index (Phi) is 5.14. The van der Waals surface area contributed by atoms with Crippen LogP contribution in [-0.2, 0) is 9.53 Å². The number of carbonyl (C=O) groups excluding carboxylic acids is 1. The van der Waals surface area contributed by atoms with E-state index in [1.807, 2.05) is 0 Å². The van der Waals surface area contributed by atoms with Crippen LogP contribution in [0.1, 0.15) is 6.92 Å². The number of methoxy groups -OCH3 is 1. The lowest BCUT2D eigenvalue weighted by atomic mass is 10.3. The zero-order valence-electron chi connectivity index (χ0n) is 12.6. The van der Waals surface area contributed by atoms with E-state index in [1.54, 1.807) is 31.2 Å². The Bertz CT molecular complexity index is 681. The van der Waals surface area contributed by atoms with Gasteiger partial charge in [-0.2, -0.15) is 0 Å². The van der Waals surface area contributed by atoms with Gasteiger partial charge in [0.2, 0.25) is 0 Å². The standard InChI is InChI=1S/C16H15NO6/c1-11(16(18)21-2)22-13-7-9-15(10-8-13)23-14-5-3-12(4-6-14)17(19)20/h3-11H,1-2H3. The Morgan fingerprint density at radius 1 is 1.00 bits per heavy atom. The maximum atomic E-state index is 11.3. The van der Waals surface area contributed by atoms with Crippen molar-refractivity contribution in [3.05, 3.63) is 58.6 Å². The van der Waals surface area contributed by atoms with Gasteiger partial charge in [0.25, 0.3) is 5.69 Å². The van der Waals surface area contributed by atoms with Crippen molar-refractivity contribution in [3.8, 4) is 17.2 Å². The lowest BCUT2D eigenvalue weighted by Gasteiger charge is -2.12.